The number of nitrogens with zero attached hydrogens (tertiary/aromatic N) is 2. The first-order valence-electron chi connectivity index (χ1n) is 4.94. The summed E-state index contributed by atoms with van der Waals surface area (Å²) in [5.41, 5.74) is 1.64. The summed E-state index contributed by atoms with van der Waals surface area (Å²) in [6, 6.07) is 5.12. The van der Waals surface area contributed by atoms with Crippen LogP contribution in [0, 0.1) is 13.8 Å². The summed E-state index contributed by atoms with van der Waals surface area (Å²) < 4.78 is 5.57. The molecule has 0 aliphatic rings. The molecule has 17 heavy (non-hydrogen) atoms. The average Bonchev–Trinajstić information content (AvgIpc) is 2.69. The van der Waals surface area contributed by atoms with E-state index in [4.69, 9.17) is 4.52 Å². The number of carbonyl (C=O) groups is 1. The van der Waals surface area contributed by atoms with E-state index in [1.165, 1.54) is 0 Å². The molecule has 0 fully saturated rings. The van der Waals surface area contributed by atoms with Crippen molar-refractivity contribution in [2.24, 2.45) is 0 Å². The minimum absolute atomic E-state index is 0.254. The number of carbonyl (C=O) groups excluding carboxylic acids is 1. The summed E-state index contributed by atoms with van der Waals surface area (Å²) in [6.07, 6.45) is 0. The van der Waals surface area contributed by atoms with Crippen molar-refractivity contribution < 1.29 is 9.32 Å². The lowest BCUT2D eigenvalue weighted by Crippen LogP contribution is -2.13. The zero-order valence-electron chi connectivity index (χ0n) is 9.32. The molecule has 0 unspecified atom stereocenters. The van der Waals surface area contributed by atoms with Crippen molar-refractivity contribution in [1.82, 2.24) is 10.1 Å². The van der Waals surface area contributed by atoms with Crippen molar-refractivity contribution in [3.63, 3.8) is 0 Å². The molecule has 2 aromatic heterocycles. The second-order valence-corrected chi connectivity index (χ2v) is 4.36. The van der Waals surface area contributed by atoms with E-state index in [0.29, 0.717) is 11.4 Å². The van der Waals surface area contributed by atoms with Gasteiger partial charge in [-0.05, 0) is 41.9 Å². The number of pyridine rings is 1. The minimum atomic E-state index is -0.311. The van der Waals surface area contributed by atoms with Crippen LogP contribution < -0.4 is 5.32 Å². The first-order valence-corrected chi connectivity index (χ1v) is 5.73. The molecule has 0 bridgehead atoms. The SMILES string of the molecule is Cc1cc(C(=O)Nc2ccc(Br)nc2C)no1. The molecule has 2 rings (SSSR count). The molecule has 0 spiro atoms. The zero-order chi connectivity index (χ0) is 12.4. The predicted octanol–water partition coefficient (Wildman–Crippen LogP) is 2.70. The van der Waals surface area contributed by atoms with Crippen LogP contribution >= 0.6 is 15.9 Å². The largest absolute Gasteiger partial charge is 0.361 e. The Morgan fingerprint density at radius 1 is 1.41 bits per heavy atom. The van der Waals surface area contributed by atoms with Crippen molar-refractivity contribution in [2.75, 3.05) is 5.32 Å². The van der Waals surface area contributed by atoms with Crippen molar-refractivity contribution in [1.29, 1.82) is 0 Å². The second kappa shape index (κ2) is 4.67. The maximum Gasteiger partial charge on any atom is 0.277 e. The standard InChI is InChI=1S/C11H10BrN3O2/c1-6-5-9(15-17-6)11(16)14-8-3-4-10(12)13-7(8)2/h3-5H,1-2H3,(H,14,16). The molecule has 2 aromatic rings. The molecule has 0 saturated heterocycles. The Bertz CT molecular complexity index is 566. The zero-order valence-corrected chi connectivity index (χ0v) is 10.9. The van der Waals surface area contributed by atoms with Gasteiger partial charge >= 0.3 is 0 Å². The van der Waals surface area contributed by atoms with Gasteiger partial charge in [0.2, 0.25) is 0 Å². The molecular formula is C11H10BrN3O2. The van der Waals surface area contributed by atoms with Crippen LogP contribution in [-0.2, 0) is 0 Å². The molecule has 0 aliphatic heterocycles. The first-order chi connectivity index (χ1) is 8.06. The molecule has 5 nitrogen and oxygen atoms in total. The third-order valence-corrected chi connectivity index (χ3v) is 2.60. The Morgan fingerprint density at radius 3 is 2.76 bits per heavy atom. The van der Waals surface area contributed by atoms with E-state index >= 15 is 0 Å². The number of anilines is 1. The molecule has 1 N–H and O–H groups in total. The van der Waals surface area contributed by atoms with Crippen molar-refractivity contribution in [3.8, 4) is 0 Å². The van der Waals surface area contributed by atoms with Gasteiger partial charge in [0.1, 0.15) is 10.4 Å². The van der Waals surface area contributed by atoms with E-state index in [0.717, 1.165) is 10.3 Å². The highest BCUT2D eigenvalue weighted by Crippen LogP contribution is 2.17. The van der Waals surface area contributed by atoms with Crippen LogP contribution in [0.1, 0.15) is 21.9 Å². The van der Waals surface area contributed by atoms with Crippen LogP contribution in [0.15, 0.2) is 27.3 Å². The normalized spacial score (nSPS) is 10.3. The lowest BCUT2D eigenvalue weighted by molar-refractivity contribution is 0.101. The van der Waals surface area contributed by atoms with Gasteiger partial charge in [0.05, 0.1) is 11.4 Å². The minimum Gasteiger partial charge on any atom is -0.361 e. The van der Waals surface area contributed by atoms with E-state index in [2.05, 4.69) is 31.4 Å². The molecule has 0 aromatic carbocycles. The van der Waals surface area contributed by atoms with Gasteiger partial charge in [0.15, 0.2) is 5.69 Å². The summed E-state index contributed by atoms with van der Waals surface area (Å²) in [5.74, 6) is 0.287. The molecule has 0 atom stereocenters. The summed E-state index contributed by atoms with van der Waals surface area (Å²) >= 11 is 3.26. The number of nitrogens with one attached hydrogen (secondary N) is 1. The van der Waals surface area contributed by atoms with Gasteiger partial charge in [-0.15, -0.1) is 0 Å². The Kier molecular flexibility index (Phi) is 3.23. The summed E-state index contributed by atoms with van der Waals surface area (Å²) in [7, 11) is 0. The van der Waals surface area contributed by atoms with Crippen LogP contribution in [0.4, 0.5) is 5.69 Å². The number of aryl methyl sites for hydroxylation is 2. The monoisotopic (exact) mass is 295 g/mol. The van der Waals surface area contributed by atoms with Gasteiger partial charge in [0.25, 0.3) is 5.91 Å². The molecule has 0 aliphatic carbocycles. The van der Waals surface area contributed by atoms with Gasteiger partial charge < -0.3 is 9.84 Å². The van der Waals surface area contributed by atoms with Crippen molar-refractivity contribution in [2.45, 2.75) is 13.8 Å². The Morgan fingerprint density at radius 2 is 2.18 bits per heavy atom. The van der Waals surface area contributed by atoms with E-state index < -0.39 is 0 Å². The van der Waals surface area contributed by atoms with E-state index in [-0.39, 0.29) is 11.6 Å². The molecule has 88 valence electrons. The molecule has 6 heteroatoms. The fourth-order valence-corrected chi connectivity index (χ4v) is 1.72. The van der Waals surface area contributed by atoms with Crippen LogP contribution in [0.25, 0.3) is 0 Å². The number of aromatic nitrogens is 2. The topological polar surface area (TPSA) is 68.0 Å². The van der Waals surface area contributed by atoms with Gasteiger partial charge in [-0.25, -0.2) is 4.98 Å². The Balaban J connectivity index is 2.18. The van der Waals surface area contributed by atoms with Gasteiger partial charge in [0, 0.05) is 6.07 Å². The lowest BCUT2D eigenvalue weighted by atomic mass is 10.3. The van der Waals surface area contributed by atoms with E-state index in [1.54, 1.807) is 25.1 Å². The Hall–Kier alpha value is -1.69. The van der Waals surface area contributed by atoms with Gasteiger partial charge in [-0.1, -0.05) is 5.16 Å². The third kappa shape index (κ3) is 2.71. The van der Waals surface area contributed by atoms with Crippen molar-refractivity contribution in [3.05, 3.63) is 40.0 Å². The fraction of sp³-hybridized carbons (Fsp3) is 0.182. The van der Waals surface area contributed by atoms with Crippen LogP contribution in [-0.4, -0.2) is 16.0 Å². The predicted molar refractivity (Wildman–Crippen MR) is 65.9 cm³/mol. The molecule has 2 heterocycles. The third-order valence-electron chi connectivity index (χ3n) is 2.16. The van der Waals surface area contributed by atoms with E-state index in [1.807, 2.05) is 6.92 Å². The first kappa shape index (κ1) is 11.8. The average molecular weight is 296 g/mol. The van der Waals surface area contributed by atoms with Crippen molar-refractivity contribution >= 4 is 27.5 Å². The summed E-state index contributed by atoms with van der Waals surface area (Å²) in [5, 5.41) is 6.36. The van der Waals surface area contributed by atoms with E-state index in [9.17, 15) is 4.79 Å². The summed E-state index contributed by atoms with van der Waals surface area (Å²) in [6.45, 7) is 3.55. The fourth-order valence-electron chi connectivity index (χ4n) is 1.32. The molecule has 0 radical (unpaired) electrons. The maximum absolute atomic E-state index is 11.8. The maximum atomic E-state index is 11.8. The lowest BCUT2D eigenvalue weighted by Gasteiger charge is -2.05. The number of amides is 1. The molecule has 0 saturated carbocycles. The van der Waals surface area contributed by atoms with Crippen LogP contribution in [0.3, 0.4) is 0 Å². The van der Waals surface area contributed by atoms with Gasteiger partial charge in [-0.3, -0.25) is 4.79 Å². The highest BCUT2D eigenvalue weighted by Gasteiger charge is 2.12. The summed E-state index contributed by atoms with van der Waals surface area (Å²) in [4.78, 5) is 16.0. The molecule has 1 amide bonds. The second-order valence-electron chi connectivity index (χ2n) is 3.54. The molecular weight excluding hydrogens is 286 g/mol. The highest BCUT2D eigenvalue weighted by molar-refractivity contribution is 9.10. The van der Waals surface area contributed by atoms with Crippen LogP contribution in [0.2, 0.25) is 0 Å². The highest BCUT2D eigenvalue weighted by atomic mass is 79.9. The Labute approximate surface area is 106 Å². The number of hydrogen-bond acceptors (Lipinski definition) is 4. The number of hydrogen-bond donors (Lipinski definition) is 1. The number of rotatable bonds is 2. The quantitative estimate of drug-likeness (QED) is 0.865. The van der Waals surface area contributed by atoms with Crippen LogP contribution in [0.5, 0.6) is 0 Å². The number of halogens is 1. The smallest absolute Gasteiger partial charge is 0.277 e. The van der Waals surface area contributed by atoms with Gasteiger partial charge in [-0.2, -0.15) is 0 Å².